The lowest BCUT2D eigenvalue weighted by atomic mass is 9.65. The lowest BCUT2D eigenvalue weighted by molar-refractivity contribution is 0.662. The molecule has 1 unspecified atom stereocenters. The third-order valence-electron chi connectivity index (χ3n) is 14.0. The van der Waals surface area contributed by atoms with Gasteiger partial charge in [0.05, 0.1) is 22.1 Å². The van der Waals surface area contributed by atoms with Gasteiger partial charge in [0.2, 0.25) is 0 Å². The lowest BCUT2D eigenvalue weighted by Crippen LogP contribution is -2.33. The van der Waals surface area contributed by atoms with Gasteiger partial charge in [-0.3, -0.25) is 0 Å². The van der Waals surface area contributed by atoms with Gasteiger partial charge in [-0.05, 0) is 116 Å². The topological polar surface area (TPSA) is 8.17 Å². The Morgan fingerprint density at radius 3 is 1.97 bits per heavy atom. The minimum Gasteiger partial charge on any atom is -0.310 e. The molecule has 61 heavy (non-hydrogen) atoms. The van der Waals surface area contributed by atoms with Crippen molar-refractivity contribution in [2.75, 3.05) is 4.90 Å². The molecule has 13 rings (SSSR count). The van der Waals surface area contributed by atoms with Crippen LogP contribution in [0.5, 0.6) is 0 Å². The molecule has 0 saturated heterocycles. The van der Waals surface area contributed by atoms with Crippen molar-refractivity contribution >= 4 is 44.4 Å². The molecule has 9 aromatic rings. The SMILES string of the molecule is CC1(C)C2=C=CC=CC=C2c2ccc(N(c3ccc(-c4ccccc4)cc3)c3ccc4c(c3)C3(c5ccccc5-4)c4ccccc4-n4c5ccccc5c5cccc3c54)cc21. The van der Waals surface area contributed by atoms with Crippen LogP contribution in [0.25, 0.3) is 55.3 Å². The molecule has 3 aliphatic carbocycles. The van der Waals surface area contributed by atoms with E-state index in [9.17, 15) is 0 Å². The Bertz CT molecular complexity index is 3480. The minimum absolute atomic E-state index is 0.213. The van der Waals surface area contributed by atoms with Crippen molar-refractivity contribution in [2.24, 2.45) is 0 Å². The standard InChI is InChI=1S/C59H40N2/c1-58(2)49-22-8-4-7-18-43(49)45-34-32-41(36-53(45)58)60(40-30-28-39(29-31-40)38-16-5-3-6-17-38)42-33-35-46-44-19-9-11-23-50(44)59(54(46)37-42)51-24-12-14-27-56(51)61-55-26-13-10-20-47(55)48-21-15-25-52(59)57(48)61/h3-21,23-37H,1-2H3. The van der Waals surface area contributed by atoms with Gasteiger partial charge in [0, 0.05) is 38.8 Å². The summed E-state index contributed by atoms with van der Waals surface area (Å²) in [5.74, 6) is 0. The van der Waals surface area contributed by atoms with Crippen LogP contribution >= 0.6 is 0 Å². The van der Waals surface area contributed by atoms with Crippen LogP contribution < -0.4 is 4.90 Å². The summed E-state index contributed by atoms with van der Waals surface area (Å²) in [7, 11) is 0. The van der Waals surface area contributed by atoms with Crippen molar-refractivity contribution in [3.63, 3.8) is 0 Å². The van der Waals surface area contributed by atoms with E-state index in [1.807, 2.05) is 0 Å². The average molecular weight is 777 g/mol. The summed E-state index contributed by atoms with van der Waals surface area (Å²) in [6, 6.07) is 68.2. The second kappa shape index (κ2) is 12.4. The van der Waals surface area contributed by atoms with Crippen LogP contribution in [0.3, 0.4) is 0 Å². The number of nitrogens with zero attached hydrogens (tertiary/aromatic N) is 2. The fourth-order valence-corrected chi connectivity index (χ4v) is 11.4. The zero-order valence-corrected chi connectivity index (χ0v) is 34.0. The van der Waals surface area contributed by atoms with Crippen molar-refractivity contribution in [2.45, 2.75) is 24.7 Å². The van der Waals surface area contributed by atoms with Gasteiger partial charge in [-0.2, -0.15) is 0 Å². The molecule has 4 aliphatic rings. The van der Waals surface area contributed by atoms with Crippen LogP contribution in [0, 0.1) is 0 Å². The molecule has 2 heteroatoms. The van der Waals surface area contributed by atoms with Crippen LogP contribution in [-0.2, 0) is 10.8 Å². The first kappa shape index (κ1) is 34.2. The summed E-state index contributed by atoms with van der Waals surface area (Å²) in [6.07, 6.45) is 8.51. The number of hydrogen-bond donors (Lipinski definition) is 0. The molecule has 2 nitrogen and oxygen atoms in total. The molecule has 0 amide bonds. The Balaban J connectivity index is 1.08. The molecular weight excluding hydrogens is 737 g/mol. The molecule has 1 aromatic heterocycles. The number of fused-ring (bicyclic) bond motifs is 15. The highest BCUT2D eigenvalue weighted by atomic mass is 15.1. The molecule has 0 radical (unpaired) electrons. The van der Waals surface area contributed by atoms with Crippen LogP contribution in [0.4, 0.5) is 17.1 Å². The highest BCUT2D eigenvalue weighted by Crippen LogP contribution is 2.62. The largest absolute Gasteiger partial charge is 0.310 e. The lowest BCUT2D eigenvalue weighted by Gasteiger charge is -2.40. The number of rotatable bonds is 4. The molecule has 0 fully saturated rings. The molecule has 8 aromatic carbocycles. The Kier molecular flexibility index (Phi) is 6.98. The summed E-state index contributed by atoms with van der Waals surface area (Å²) >= 11 is 0. The number of aromatic nitrogens is 1. The van der Waals surface area contributed by atoms with Gasteiger partial charge >= 0.3 is 0 Å². The molecule has 1 spiro atoms. The highest BCUT2D eigenvalue weighted by molar-refractivity contribution is 6.13. The van der Waals surface area contributed by atoms with Crippen molar-refractivity contribution in [1.82, 2.24) is 4.57 Å². The Morgan fingerprint density at radius 1 is 0.475 bits per heavy atom. The zero-order valence-electron chi connectivity index (χ0n) is 34.0. The third-order valence-corrected chi connectivity index (χ3v) is 14.0. The van der Waals surface area contributed by atoms with Crippen molar-refractivity contribution in [3.8, 4) is 27.9 Å². The van der Waals surface area contributed by atoms with E-state index in [-0.39, 0.29) is 5.41 Å². The summed E-state index contributed by atoms with van der Waals surface area (Å²) < 4.78 is 2.52. The zero-order chi connectivity index (χ0) is 40.5. The Hall–Kier alpha value is -7.64. The van der Waals surface area contributed by atoms with E-state index >= 15 is 0 Å². The van der Waals surface area contributed by atoms with Crippen molar-refractivity contribution in [1.29, 1.82) is 0 Å². The molecular formula is C59H40N2. The average Bonchev–Trinajstić information content (AvgIpc) is 3.76. The summed E-state index contributed by atoms with van der Waals surface area (Å²) in [6.45, 7) is 4.68. The molecule has 1 atom stereocenters. The first-order valence-electron chi connectivity index (χ1n) is 21.4. The first-order valence-corrected chi connectivity index (χ1v) is 21.4. The van der Waals surface area contributed by atoms with Crippen LogP contribution in [0.2, 0.25) is 0 Å². The minimum atomic E-state index is -0.543. The summed E-state index contributed by atoms with van der Waals surface area (Å²) in [5, 5.41) is 2.57. The normalized spacial score (nSPS) is 17.0. The van der Waals surface area contributed by atoms with Gasteiger partial charge < -0.3 is 9.47 Å². The summed E-state index contributed by atoms with van der Waals surface area (Å²) in [4.78, 5) is 2.47. The van der Waals surface area contributed by atoms with Gasteiger partial charge in [0.15, 0.2) is 0 Å². The number of allylic oxidation sites excluding steroid dienone is 5. The van der Waals surface area contributed by atoms with Gasteiger partial charge in [-0.25, -0.2) is 0 Å². The maximum absolute atomic E-state index is 3.64. The molecule has 286 valence electrons. The van der Waals surface area contributed by atoms with E-state index in [0.717, 1.165) is 17.1 Å². The van der Waals surface area contributed by atoms with Gasteiger partial charge in [-0.15, -0.1) is 5.73 Å². The Morgan fingerprint density at radius 2 is 1.11 bits per heavy atom. The first-order chi connectivity index (χ1) is 30.0. The number of hydrogen-bond acceptors (Lipinski definition) is 1. The van der Waals surface area contributed by atoms with Gasteiger partial charge in [-0.1, -0.05) is 166 Å². The molecule has 1 aliphatic heterocycles. The van der Waals surface area contributed by atoms with Crippen LogP contribution in [0.15, 0.2) is 218 Å². The molecule has 0 bridgehead atoms. The molecule has 0 saturated carbocycles. The van der Waals surface area contributed by atoms with Crippen LogP contribution in [0.1, 0.15) is 47.2 Å². The van der Waals surface area contributed by atoms with Crippen molar-refractivity contribution < 1.29 is 0 Å². The molecule has 2 heterocycles. The number of para-hydroxylation sites is 3. The van der Waals surface area contributed by atoms with E-state index in [4.69, 9.17) is 0 Å². The molecule has 0 N–H and O–H groups in total. The summed E-state index contributed by atoms with van der Waals surface area (Å²) in [5.41, 5.74) is 25.4. The van der Waals surface area contributed by atoms with E-state index < -0.39 is 5.41 Å². The number of anilines is 3. The van der Waals surface area contributed by atoms with E-state index in [1.54, 1.807) is 0 Å². The maximum atomic E-state index is 3.64. The van der Waals surface area contributed by atoms with E-state index in [2.05, 4.69) is 235 Å². The fraction of sp³-hybridized carbons (Fsp3) is 0.0678. The quantitative estimate of drug-likeness (QED) is 0.162. The predicted molar refractivity (Wildman–Crippen MR) is 254 cm³/mol. The fourth-order valence-electron chi connectivity index (χ4n) is 11.4. The Labute approximate surface area is 356 Å². The van der Waals surface area contributed by atoms with Crippen molar-refractivity contribution in [3.05, 3.63) is 251 Å². The van der Waals surface area contributed by atoms with Gasteiger partial charge in [0.25, 0.3) is 0 Å². The second-order valence-electron chi connectivity index (χ2n) is 17.4. The second-order valence-corrected chi connectivity index (χ2v) is 17.4. The third kappa shape index (κ3) is 4.52. The maximum Gasteiger partial charge on any atom is 0.0755 e. The van der Waals surface area contributed by atoms with Crippen LogP contribution in [-0.4, -0.2) is 4.57 Å². The predicted octanol–water partition coefficient (Wildman–Crippen LogP) is 14.9. The van der Waals surface area contributed by atoms with E-state index in [1.165, 1.54) is 94.3 Å². The monoisotopic (exact) mass is 776 g/mol. The smallest absolute Gasteiger partial charge is 0.0755 e. The highest BCUT2D eigenvalue weighted by Gasteiger charge is 2.51. The van der Waals surface area contributed by atoms with Gasteiger partial charge in [0.1, 0.15) is 0 Å². The van der Waals surface area contributed by atoms with E-state index in [0.29, 0.717) is 0 Å². The number of benzene rings is 8.